The maximum atomic E-state index is 12.3. The average Bonchev–Trinajstić information content (AvgIpc) is 2.65. The van der Waals surface area contributed by atoms with Crippen molar-refractivity contribution >= 4 is 16.7 Å². The summed E-state index contributed by atoms with van der Waals surface area (Å²) in [5, 5.41) is 0.418. The fourth-order valence-electron chi connectivity index (χ4n) is 2.07. The van der Waals surface area contributed by atoms with Crippen LogP contribution in [0.2, 0.25) is 0 Å². The Hall–Kier alpha value is -1.98. The van der Waals surface area contributed by atoms with E-state index < -0.39 is 18.4 Å². The minimum atomic E-state index is -4.51. The van der Waals surface area contributed by atoms with Crippen molar-refractivity contribution in [1.29, 1.82) is 0 Å². The molecule has 0 aliphatic carbocycles. The third kappa shape index (κ3) is 2.57. The zero-order valence-electron chi connectivity index (χ0n) is 10.4. The monoisotopic (exact) mass is 271 g/mol. The van der Waals surface area contributed by atoms with E-state index in [2.05, 4.69) is 0 Å². The van der Waals surface area contributed by atoms with Gasteiger partial charge in [-0.15, -0.1) is 0 Å². The zero-order valence-corrected chi connectivity index (χ0v) is 10.4. The number of ether oxygens (including phenoxy) is 1. The van der Waals surface area contributed by atoms with Crippen molar-refractivity contribution in [2.75, 3.05) is 7.11 Å². The van der Waals surface area contributed by atoms with Gasteiger partial charge in [0.05, 0.1) is 18.0 Å². The van der Waals surface area contributed by atoms with Gasteiger partial charge in [-0.05, 0) is 12.1 Å². The maximum Gasteiger partial charge on any atom is 0.396 e. The van der Waals surface area contributed by atoms with Crippen LogP contribution in [0.25, 0.3) is 10.9 Å². The number of Topliss-reactive ketones (excluding diaryl/α,β-unsaturated/α-hetero) is 1. The lowest BCUT2D eigenvalue weighted by atomic mass is 10.1. The highest BCUT2D eigenvalue weighted by atomic mass is 19.4. The Bertz CT molecular complexity index is 629. The highest BCUT2D eigenvalue weighted by Crippen LogP contribution is 2.32. The molecule has 0 unspecified atom stereocenters. The summed E-state index contributed by atoms with van der Waals surface area (Å²) in [4.78, 5) is 11.8. The number of hydrogen-bond donors (Lipinski definition) is 0. The van der Waals surface area contributed by atoms with Crippen LogP contribution in [-0.4, -0.2) is 23.6 Å². The quantitative estimate of drug-likeness (QED) is 0.802. The summed E-state index contributed by atoms with van der Waals surface area (Å²) in [5.41, 5.74) is 0.692. The molecule has 0 spiro atoms. The zero-order chi connectivity index (χ0) is 14.2. The number of hydrogen-bond acceptors (Lipinski definition) is 2. The third-order valence-corrected chi connectivity index (χ3v) is 2.86. The molecule has 0 atom stereocenters. The number of rotatable bonds is 3. The minimum Gasteiger partial charge on any atom is -0.496 e. The van der Waals surface area contributed by atoms with Gasteiger partial charge in [0.2, 0.25) is 0 Å². The molecule has 102 valence electrons. The molecule has 0 radical (unpaired) electrons. The van der Waals surface area contributed by atoms with E-state index in [0.29, 0.717) is 16.7 Å². The van der Waals surface area contributed by atoms with Crippen LogP contribution in [0.5, 0.6) is 5.75 Å². The van der Waals surface area contributed by atoms with Gasteiger partial charge in [-0.2, -0.15) is 13.2 Å². The van der Waals surface area contributed by atoms with Crippen LogP contribution in [0.1, 0.15) is 16.8 Å². The van der Waals surface area contributed by atoms with Gasteiger partial charge in [0.15, 0.2) is 5.78 Å². The first kappa shape index (κ1) is 13.5. The largest absolute Gasteiger partial charge is 0.496 e. The number of carbonyl (C=O) groups excluding carboxylic acids is 1. The van der Waals surface area contributed by atoms with Crippen LogP contribution in [0.4, 0.5) is 13.2 Å². The molecular formula is C13H12F3NO2. The number of fused-ring (bicyclic) bond motifs is 1. The summed E-state index contributed by atoms with van der Waals surface area (Å²) in [6.45, 7) is 0. The van der Waals surface area contributed by atoms with Crippen LogP contribution in [-0.2, 0) is 7.05 Å². The number of ketones is 1. The second-order valence-corrected chi connectivity index (χ2v) is 4.22. The van der Waals surface area contributed by atoms with Crippen molar-refractivity contribution < 1.29 is 22.7 Å². The molecule has 0 saturated carbocycles. The van der Waals surface area contributed by atoms with Gasteiger partial charge in [-0.1, -0.05) is 6.07 Å². The molecule has 1 heterocycles. The van der Waals surface area contributed by atoms with Crippen LogP contribution < -0.4 is 4.74 Å². The van der Waals surface area contributed by atoms with E-state index in [1.165, 1.54) is 13.3 Å². The van der Waals surface area contributed by atoms with E-state index in [-0.39, 0.29) is 5.56 Å². The molecule has 0 fully saturated rings. The van der Waals surface area contributed by atoms with Crippen molar-refractivity contribution in [3.05, 3.63) is 30.0 Å². The summed E-state index contributed by atoms with van der Waals surface area (Å²) in [5.74, 6) is -0.564. The normalized spacial score (nSPS) is 11.8. The molecule has 19 heavy (non-hydrogen) atoms. The Kier molecular flexibility index (Phi) is 3.26. The first-order chi connectivity index (χ1) is 8.83. The molecule has 0 saturated heterocycles. The SMILES string of the molecule is COc1cccc2c1c(C(=O)CC(F)(F)F)cn2C. The average molecular weight is 271 g/mol. The van der Waals surface area contributed by atoms with Gasteiger partial charge in [0.1, 0.15) is 12.2 Å². The highest BCUT2D eigenvalue weighted by molar-refractivity contribution is 6.10. The van der Waals surface area contributed by atoms with E-state index >= 15 is 0 Å². The Labute approximate surface area is 107 Å². The van der Waals surface area contributed by atoms with E-state index in [9.17, 15) is 18.0 Å². The summed E-state index contributed by atoms with van der Waals surface area (Å²) in [6, 6.07) is 5.06. The molecule has 2 rings (SSSR count). The van der Waals surface area contributed by atoms with Gasteiger partial charge >= 0.3 is 6.18 Å². The van der Waals surface area contributed by atoms with Gasteiger partial charge in [0, 0.05) is 18.8 Å². The van der Waals surface area contributed by atoms with Crippen molar-refractivity contribution in [2.24, 2.45) is 7.05 Å². The smallest absolute Gasteiger partial charge is 0.396 e. The van der Waals surface area contributed by atoms with Crippen LogP contribution in [0.3, 0.4) is 0 Å². The van der Waals surface area contributed by atoms with Crippen molar-refractivity contribution in [2.45, 2.75) is 12.6 Å². The number of alkyl halides is 3. The Morgan fingerprint density at radius 1 is 1.37 bits per heavy atom. The van der Waals surface area contributed by atoms with Crippen molar-refractivity contribution in [3.8, 4) is 5.75 Å². The molecule has 0 aliphatic rings. The number of nitrogens with zero attached hydrogens (tertiary/aromatic N) is 1. The number of aryl methyl sites for hydroxylation is 1. The number of aromatic nitrogens is 1. The first-order valence-electron chi connectivity index (χ1n) is 5.55. The lowest BCUT2D eigenvalue weighted by Crippen LogP contribution is -2.14. The first-order valence-corrected chi connectivity index (χ1v) is 5.55. The predicted octanol–water partition coefficient (Wildman–Crippen LogP) is 3.32. The van der Waals surface area contributed by atoms with Crippen LogP contribution in [0.15, 0.2) is 24.4 Å². The Morgan fingerprint density at radius 2 is 2.05 bits per heavy atom. The van der Waals surface area contributed by atoms with E-state index in [1.807, 2.05) is 0 Å². The second kappa shape index (κ2) is 4.60. The lowest BCUT2D eigenvalue weighted by molar-refractivity contribution is -0.125. The summed E-state index contributed by atoms with van der Waals surface area (Å²) in [7, 11) is 3.09. The van der Waals surface area contributed by atoms with Crippen LogP contribution in [0, 0.1) is 0 Å². The number of benzene rings is 1. The fourth-order valence-corrected chi connectivity index (χ4v) is 2.07. The van der Waals surface area contributed by atoms with Gasteiger partial charge in [-0.3, -0.25) is 4.79 Å². The molecule has 0 amide bonds. The van der Waals surface area contributed by atoms with E-state index in [1.54, 1.807) is 29.8 Å². The molecule has 1 aromatic carbocycles. The number of methoxy groups -OCH3 is 1. The molecule has 0 bridgehead atoms. The molecule has 0 aliphatic heterocycles. The van der Waals surface area contributed by atoms with E-state index in [4.69, 9.17) is 4.74 Å². The predicted molar refractivity (Wildman–Crippen MR) is 64.5 cm³/mol. The Balaban J connectivity index is 2.58. The lowest BCUT2D eigenvalue weighted by Gasteiger charge is -2.06. The highest BCUT2D eigenvalue weighted by Gasteiger charge is 2.33. The topological polar surface area (TPSA) is 31.2 Å². The van der Waals surface area contributed by atoms with Crippen molar-refractivity contribution in [3.63, 3.8) is 0 Å². The molecule has 3 nitrogen and oxygen atoms in total. The Morgan fingerprint density at radius 3 is 2.63 bits per heavy atom. The standard InChI is InChI=1S/C13H12F3NO2/c1-17-7-8(10(18)6-13(14,15)16)12-9(17)4-3-5-11(12)19-2/h3-5,7H,6H2,1-2H3. The van der Waals surface area contributed by atoms with Gasteiger partial charge in [-0.25, -0.2) is 0 Å². The number of halogens is 3. The van der Waals surface area contributed by atoms with Gasteiger partial charge in [0.25, 0.3) is 0 Å². The molecule has 6 heteroatoms. The minimum absolute atomic E-state index is 0.0345. The van der Waals surface area contributed by atoms with Crippen molar-refractivity contribution in [1.82, 2.24) is 4.57 Å². The molecule has 0 N–H and O–H groups in total. The second-order valence-electron chi connectivity index (χ2n) is 4.22. The third-order valence-electron chi connectivity index (χ3n) is 2.86. The van der Waals surface area contributed by atoms with Gasteiger partial charge < -0.3 is 9.30 Å². The molecule has 2 aromatic rings. The van der Waals surface area contributed by atoms with Crippen LogP contribution >= 0.6 is 0 Å². The summed E-state index contributed by atoms with van der Waals surface area (Å²) < 4.78 is 43.7. The maximum absolute atomic E-state index is 12.3. The van der Waals surface area contributed by atoms with E-state index in [0.717, 1.165) is 0 Å². The fraction of sp³-hybridized carbons (Fsp3) is 0.308. The number of carbonyl (C=O) groups is 1. The molecular weight excluding hydrogens is 259 g/mol. The summed E-state index contributed by atoms with van der Waals surface area (Å²) >= 11 is 0. The molecule has 1 aromatic heterocycles. The summed E-state index contributed by atoms with van der Waals surface area (Å²) in [6.07, 6.45) is -4.58.